The van der Waals surface area contributed by atoms with Crippen molar-refractivity contribution in [2.75, 3.05) is 6.79 Å². The van der Waals surface area contributed by atoms with Gasteiger partial charge in [0.05, 0.1) is 16.3 Å². The first-order valence-electron chi connectivity index (χ1n) is 7.60. The SMILES string of the molecule is Cc1cc(C)n2cc(COC(=O)c3cc(Cl)c4c(c3)OCO4)nc2n1. The zero-order valence-corrected chi connectivity index (χ0v) is 14.3. The van der Waals surface area contributed by atoms with Crippen LogP contribution in [0.1, 0.15) is 27.4 Å². The summed E-state index contributed by atoms with van der Waals surface area (Å²) in [6.07, 6.45) is 1.80. The summed E-state index contributed by atoms with van der Waals surface area (Å²) in [6, 6.07) is 5.00. The quantitative estimate of drug-likeness (QED) is 0.669. The Hall–Kier alpha value is -2.80. The van der Waals surface area contributed by atoms with E-state index in [9.17, 15) is 4.79 Å². The number of imidazole rings is 1. The standard InChI is InChI=1S/C17H14ClN3O4/c1-9-3-10(2)21-6-12(20-17(21)19-9)7-23-16(22)11-4-13(18)15-14(5-11)24-8-25-15/h3-6H,7-8H2,1-2H3. The molecule has 0 atom stereocenters. The summed E-state index contributed by atoms with van der Waals surface area (Å²) in [5, 5.41) is 0.310. The Balaban J connectivity index is 1.52. The summed E-state index contributed by atoms with van der Waals surface area (Å²) < 4.78 is 17.7. The molecule has 0 amide bonds. The van der Waals surface area contributed by atoms with Crippen molar-refractivity contribution < 1.29 is 19.0 Å². The highest BCUT2D eigenvalue weighted by atomic mass is 35.5. The van der Waals surface area contributed by atoms with E-state index in [-0.39, 0.29) is 13.4 Å². The highest BCUT2D eigenvalue weighted by Crippen LogP contribution is 2.39. The van der Waals surface area contributed by atoms with Crippen LogP contribution < -0.4 is 9.47 Å². The predicted octanol–water partition coefficient (Wildman–Crippen LogP) is 3.09. The number of carbonyl (C=O) groups excluding carboxylic acids is 1. The van der Waals surface area contributed by atoms with E-state index in [1.54, 1.807) is 12.3 Å². The molecular weight excluding hydrogens is 346 g/mol. The van der Waals surface area contributed by atoms with Crippen molar-refractivity contribution in [3.05, 3.63) is 52.1 Å². The lowest BCUT2D eigenvalue weighted by molar-refractivity contribution is 0.0468. The van der Waals surface area contributed by atoms with Gasteiger partial charge < -0.3 is 14.2 Å². The first-order valence-corrected chi connectivity index (χ1v) is 7.97. The molecule has 0 bridgehead atoms. The van der Waals surface area contributed by atoms with Gasteiger partial charge in [0.2, 0.25) is 12.6 Å². The molecule has 128 valence electrons. The summed E-state index contributed by atoms with van der Waals surface area (Å²) in [6.45, 7) is 3.99. The lowest BCUT2D eigenvalue weighted by Gasteiger charge is -2.05. The van der Waals surface area contributed by atoms with Gasteiger partial charge in [-0.3, -0.25) is 4.40 Å². The minimum atomic E-state index is -0.516. The number of hydrogen-bond donors (Lipinski definition) is 0. The van der Waals surface area contributed by atoms with Crippen molar-refractivity contribution in [2.24, 2.45) is 0 Å². The average Bonchev–Trinajstić information content (AvgIpc) is 3.19. The molecule has 2 aromatic heterocycles. The van der Waals surface area contributed by atoms with Crippen molar-refractivity contribution in [3.63, 3.8) is 0 Å². The lowest BCUT2D eigenvalue weighted by atomic mass is 10.2. The van der Waals surface area contributed by atoms with Crippen LogP contribution in [0, 0.1) is 13.8 Å². The number of esters is 1. The van der Waals surface area contributed by atoms with E-state index >= 15 is 0 Å². The summed E-state index contributed by atoms with van der Waals surface area (Å²) in [4.78, 5) is 21.0. The topological polar surface area (TPSA) is 75.0 Å². The monoisotopic (exact) mass is 359 g/mol. The molecule has 0 saturated carbocycles. The first kappa shape index (κ1) is 15.7. The maximum absolute atomic E-state index is 12.3. The third-order valence-electron chi connectivity index (χ3n) is 3.83. The fourth-order valence-corrected chi connectivity index (χ4v) is 2.96. The molecule has 4 rings (SSSR count). The van der Waals surface area contributed by atoms with Crippen LogP contribution in [0.2, 0.25) is 5.02 Å². The molecule has 1 aliphatic rings. The van der Waals surface area contributed by atoms with E-state index in [1.165, 1.54) is 6.07 Å². The van der Waals surface area contributed by atoms with E-state index in [1.807, 2.05) is 24.3 Å². The van der Waals surface area contributed by atoms with Crippen LogP contribution in [0.5, 0.6) is 11.5 Å². The zero-order valence-electron chi connectivity index (χ0n) is 13.6. The zero-order chi connectivity index (χ0) is 17.6. The van der Waals surface area contributed by atoms with Gasteiger partial charge in [-0.15, -0.1) is 0 Å². The van der Waals surface area contributed by atoms with E-state index in [0.29, 0.717) is 33.6 Å². The van der Waals surface area contributed by atoms with Gasteiger partial charge in [-0.05, 0) is 32.0 Å². The number of halogens is 1. The number of rotatable bonds is 3. The highest BCUT2D eigenvalue weighted by molar-refractivity contribution is 6.32. The number of nitrogens with zero attached hydrogens (tertiary/aromatic N) is 3. The smallest absolute Gasteiger partial charge is 0.338 e. The van der Waals surface area contributed by atoms with E-state index < -0.39 is 5.97 Å². The summed E-state index contributed by atoms with van der Waals surface area (Å²) in [5.74, 6) is 0.936. The van der Waals surface area contributed by atoms with E-state index in [4.69, 9.17) is 25.8 Å². The van der Waals surface area contributed by atoms with Crippen LogP contribution >= 0.6 is 11.6 Å². The lowest BCUT2D eigenvalue weighted by Crippen LogP contribution is -2.05. The molecule has 0 aliphatic carbocycles. The van der Waals surface area contributed by atoms with Gasteiger partial charge >= 0.3 is 5.97 Å². The van der Waals surface area contributed by atoms with Crippen LogP contribution in [-0.2, 0) is 11.3 Å². The Labute approximate surface area is 148 Å². The second-order valence-corrected chi connectivity index (χ2v) is 6.12. The third kappa shape index (κ3) is 2.87. The molecule has 1 aliphatic heterocycles. The van der Waals surface area contributed by atoms with Gasteiger partial charge in [-0.1, -0.05) is 11.6 Å². The maximum Gasteiger partial charge on any atom is 0.338 e. The molecule has 25 heavy (non-hydrogen) atoms. The Kier molecular flexibility index (Phi) is 3.73. The van der Waals surface area contributed by atoms with Crippen molar-refractivity contribution in [1.29, 1.82) is 0 Å². The summed E-state index contributed by atoms with van der Waals surface area (Å²) in [7, 11) is 0. The second-order valence-electron chi connectivity index (χ2n) is 5.71. The molecule has 0 unspecified atom stereocenters. The molecule has 3 aromatic rings. The van der Waals surface area contributed by atoms with Gasteiger partial charge in [-0.25, -0.2) is 14.8 Å². The number of aromatic nitrogens is 3. The minimum Gasteiger partial charge on any atom is -0.456 e. The molecule has 3 heterocycles. The van der Waals surface area contributed by atoms with Crippen molar-refractivity contribution in [2.45, 2.75) is 20.5 Å². The van der Waals surface area contributed by atoms with Crippen LogP contribution in [0.15, 0.2) is 24.4 Å². The fraction of sp³-hybridized carbons (Fsp3) is 0.235. The predicted molar refractivity (Wildman–Crippen MR) is 89.2 cm³/mol. The summed E-state index contributed by atoms with van der Waals surface area (Å²) >= 11 is 6.08. The van der Waals surface area contributed by atoms with Crippen molar-refractivity contribution in [1.82, 2.24) is 14.4 Å². The fourth-order valence-electron chi connectivity index (χ4n) is 2.70. The van der Waals surface area contributed by atoms with Gasteiger partial charge in [0, 0.05) is 17.6 Å². The number of benzene rings is 1. The normalized spacial score (nSPS) is 12.6. The number of ether oxygens (including phenoxy) is 3. The largest absolute Gasteiger partial charge is 0.456 e. The van der Waals surface area contributed by atoms with Crippen molar-refractivity contribution >= 4 is 23.3 Å². The van der Waals surface area contributed by atoms with E-state index in [0.717, 1.165) is 11.4 Å². The molecular formula is C17H14ClN3O4. The molecule has 0 fully saturated rings. The van der Waals surface area contributed by atoms with Gasteiger partial charge in [-0.2, -0.15) is 0 Å². The van der Waals surface area contributed by atoms with Gasteiger partial charge in [0.15, 0.2) is 11.5 Å². The van der Waals surface area contributed by atoms with Crippen LogP contribution in [0.3, 0.4) is 0 Å². The number of aryl methyl sites for hydroxylation is 2. The molecule has 0 radical (unpaired) electrons. The van der Waals surface area contributed by atoms with Crippen LogP contribution in [-0.4, -0.2) is 27.1 Å². The molecule has 0 N–H and O–H groups in total. The Morgan fingerprint density at radius 1 is 1.28 bits per heavy atom. The summed E-state index contributed by atoms with van der Waals surface area (Å²) in [5.41, 5.74) is 2.80. The number of fused-ring (bicyclic) bond motifs is 2. The Bertz CT molecular complexity index is 999. The molecule has 0 spiro atoms. The number of hydrogen-bond acceptors (Lipinski definition) is 6. The molecule has 0 saturated heterocycles. The van der Waals surface area contributed by atoms with Crippen LogP contribution in [0.25, 0.3) is 5.78 Å². The molecule has 8 heteroatoms. The van der Waals surface area contributed by atoms with E-state index in [2.05, 4.69) is 9.97 Å². The van der Waals surface area contributed by atoms with Gasteiger partial charge in [0.1, 0.15) is 6.61 Å². The maximum atomic E-state index is 12.3. The Morgan fingerprint density at radius 3 is 2.96 bits per heavy atom. The molecule has 7 nitrogen and oxygen atoms in total. The molecule has 1 aromatic carbocycles. The van der Waals surface area contributed by atoms with Crippen LogP contribution in [0.4, 0.5) is 0 Å². The highest BCUT2D eigenvalue weighted by Gasteiger charge is 2.21. The first-order chi connectivity index (χ1) is 12.0. The third-order valence-corrected chi connectivity index (χ3v) is 4.11. The Morgan fingerprint density at radius 2 is 2.12 bits per heavy atom. The second kappa shape index (κ2) is 5.93. The minimum absolute atomic E-state index is 0.0345. The van der Waals surface area contributed by atoms with Gasteiger partial charge in [0.25, 0.3) is 0 Å². The van der Waals surface area contributed by atoms with Crippen molar-refractivity contribution in [3.8, 4) is 11.5 Å². The average molecular weight is 360 g/mol. The number of carbonyl (C=O) groups is 1.